The Morgan fingerprint density at radius 3 is 2.48 bits per heavy atom. The van der Waals surface area contributed by atoms with Crippen LogP contribution in [-0.2, 0) is 0 Å². The average Bonchev–Trinajstić information content (AvgIpc) is 2.75. The molecule has 6 nitrogen and oxygen atoms in total. The number of halogens is 1. The minimum atomic E-state index is -0.286. The van der Waals surface area contributed by atoms with E-state index in [4.69, 9.17) is 11.1 Å². The lowest BCUT2D eigenvalue weighted by atomic mass is 9.71. The molecule has 3 rings (SSSR count). The standard InChI is InChI=1S/C26H36FN5O/c1-17(2)11-23(26(3,4)16-30-25(33)32-14-21(29)15-32)18-5-10-24(19(12-18)13-28)31-22-8-6-20(27)7-9-22/h5-10,12-13,17,21,23,28,31H,11,14-16,29H2,1-4H3,(H,30,33). The molecular weight excluding hydrogens is 417 g/mol. The van der Waals surface area contributed by atoms with Crippen LogP contribution in [0.4, 0.5) is 20.6 Å². The van der Waals surface area contributed by atoms with Crippen LogP contribution in [0.5, 0.6) is 0 Å². The van der Waals surface area contributed by atoms with Crippen molar-refractivity contribution in [2.24, 2.45) is 17.1 Å². The number of benzene rings is 2. The average molecular weight is 454 g/mol. The maximum atomic E-state index is 13.2. The third-order valence-electron chi connectivity index (χ3n) is 6.30. The molecule has 0 aliphatic carbocycles. The highest BCUT2D eigenvalue weighted by atomic mass is 19.1. The first-order chi connectivity index (χ1) is 15.6. The van der Waals surface area contributed by atoms with Gasteiger partial charge in [-0.25, -0.2) is 9.18 Å². The Labute approximate surface area is 196 Å². The van der Waals surface area contributed by atoms with E-state index >= 15 is 0 Å². The molecule has 0 radical (unpaired) electrons. The van der Waals surface area contributed by atoms with E-state index in [1.807, 2.05) is 12.1 Å². The van der Waals surface area contributed by atoms with Crippen LogP contribution in [0, 0.1) is 22.6 Å². The van der Waals surface area contributed by atoms with E-state index in [2.05, 4.69) is 44.4 Å². The number of anilines is 2. The number of hydrogen-bond donors (Lipinski definition) is 4. The quantitative estimate of drug-likeness (QED) is 0.399. The van der Waals surface area contributed by atoms with Crippen molar-refractivity contribution in [1.29, 1.82) is 5.41 Å². The van der Waals surface area contributed by atoms with Crippen molar-refractivity contribution in [3.05, 3.63) is 59.4 Å². The Morgan fingerprint density at radius 2 is 1.91 bits per heavy atom. The minimum Gasteiger partial charge on any atom is -0.355 e. The predicted molar refractivity (Wildman–Crippen MR) is 133 cm³/mol. The highest BCUT2D eigenvalue weighted by Gasteiger charge is 2.34. The minimum absolute atomic E-state index is 0.0629. The van der Waals surface area contributed by atoms with Crippen molar-refractivity contribution in [3.63, 3.8) is 0 Å². The molecule has 2 amide bonds. The largest absolute Gasteiger partial charge is 0.355 e. The molecule has 1 atom stereocenters. The van der Waals surface area contributed by atoms with E-state index in [-0.39, 0.29) is 29.2 Å². The summed E-state index contributed by atoms with van der Waals surface area (Å²) in [6.07, 6.45) is 2.29. The lowest BCUT2D eigenvalue weighted by Crippen LogP contribution is -2.61. The van der Waals surface area contributed by atoms with Crippen LogP contribution in [0.3, 0.4) is 0 Å². The second-order valence-corrected chi connectivity index (χ2v) is 10.1. The van der Waals surface area contributed by atoms with Crippen molar-refractivity contribution >= 4 is 23.6 Å². The molecule has 1 aliphatic rings. The Bertz CT molecular complexity index is 967. The van der Waals surface area contributed by atoms with Gasteiger partial charge in [0.2, 0.25) is 0 Å². The first-order valence-corrected chi connectivity index (χ1v) is 11.5. The molecule has 2 aromatic rings. The number of hydrogen-bond acceptors (Lipinski definition) is 4. The van der Waals surface area contributed by atoms with Gasteiger partial charge >= 0.3 is 6.03 Å². The molecule has 178 valence electrons. The third-order valence-corrected chi connectivity index (χ3v) is 6.30. The zero-order valence-electron chi connectivity index (χ0n) is 20.0. The molecule has 0 bridgehead atoms. The number of carbonyl (C=O) groups excluding carboxylic acids is 1. The number of likely N-dealkylation sites (tertiary alicyclic amines) is 1. The van der Waals surface area contributed by atoms with E-state index in [1.165, 1.54) is 18.3 Å². The molecule has 1 heterocycles. The summed E-state index contributed by atoms with van der Waals surface area (Å²) in [6.45, 7) is 10.5. The molecular formula is C26H36FN5O. The summed E-state index contributed by atoms with van der Waals surface area (Å²) in [7, 11) is 0. The first-order valence-electron chi connectivity index (χ1n) is 11.5. The highest BCUT2D eigenvalue weighted by molar-refractivity contribution is 5.87. The van der Waals surface area contributed by atoms with Gasteiger partial charge in [0.1, 0.15) is 5.82 Å². The Morgan fingerprint density at radius 1 is 1.24 bits per heavy atom. The summed E-state index contributed by atoms with van der Waals surface area (Å²) < 4.78 is 13.2. The van der Waals surface area contributed by atoms with Gasteiger partial charge in [0.15, 0.2) is 0 Å². The second-order valence-electron chi connectivity index (χ2n) is 10.1. The van der Waals surface area contributed by atoms with E-state index < -0.39 is 0 Å². The van der Waals surface area contributed by atoms with Crippen molar-refractivity contribution in [1.82, 2.24) is 10.2 Å². The number of nitrogens with zero attached hydrogens (tertiary/aromatic N) is 1. The van der Waals surface area contributed by atoms with Crippen LogP contribution < -0.4 is 16.4 Å². The zero-order valence-corrected chi connectivity index (χ0v) is 20.0. The third kappa shape index (κ3) is 6.32. The monoisotopic (exact) mass is 453 g/mol. The fraction of sp³-hybridized carbons (Fsp3) is 0.462. The van der Waals surface area contributed by atoms with Crippen molar-refractivity contribution in [3.8, 4) is 0 Å². The molecule has 33 heavy (non-hydrogen) atoms. The molecule has 1 unspecified atom stereocenters. The number of rotatable bonds is 9. The van der Waals surface area contributed by atoms with Crippen molar-refractivity contribution in [2.45, 2.75) is 46.1 Å². The van der Waals surface area contributed by atoms with Crippen LogP contribution in [0.2, 0.25) is 0 Å². The number of carbonyl (C=O) groups is 1. The van der Waals surface area contributed by atoms with Crippen LogP contribution in [0.1, 0.15) is 51.2 Å². The summed E-state index contributed by atoms with van der Waals surface area (Å²) in [6, 6.07) is 12.3. The topological polar surface area (TPSA) is 94.2 Å². The van der Waals surface area contributed by atoms with E-state index in [0.717, 1.165) is 28.9 Å². The van der Waals surface area contributed by atoms with Crippen LogP contribution in [0.15, 0.2) is 42.5 Å². The summed E-state index contributed by atoms with van der Waals surface area (Å²) in [5.74, 6) is 0.375. The first kappa shape index (κ1) is 24.7. The van der Waals surface area contributed by atoms with Gasteiger partial charge < -0.3 is 26.7 Å². The van der Waals surface area contributed by atoms with Crippen LogP contribution >= 0.6 is 0 Å². The van der Waals surface area contributed by atoms with Gasteiger partial charge in [-0.3, -0.25) is 0 Å². The van der Waals surface area contributed by atoms with Crippen molar-refractivity contribution < 1.29 is 9.18 Å². The summed E-state index contributed by atoms with van der Waals surface area (Å²) in [4.78, 5) is 14.2. The van der Waals surface area contributed by atoms with Gasteiger partial charge in [-0.1, -0.05) is 33.8 Å². The Hall–Kier alpha value is -2.93. The van der Waals surface area contributed by atoms with Gasteiger partial charge in [0.25, 0.3) is 0 Å². The summed E-state index contributed by atoms with van der Waals surface area (Å²) >= 11 is 0. The fourth-order valence-electron chi connectivity index (χ4n) is 4.31. The lowest BCUT2D eigenvalue weighted by Gasteiger charge is -2.40. The molecule has 0 saturated carbocycles. The molecule has 1 aliphatic heterocycles. The summed E-state index contributed by atoms with van der Waals surface area (Å²) in [5.41, 5.74) is 9.06. The van der Waals surface area contributed by atoms with Gasteiger partial charge in [-0.15, -0.1) is 0 Å². The highest BCUT2D eigenvalue weighted by Crippen LogP contribution is 2.41. The van der Waals surface area contributed by atoms with E-state index in [0.29, 0.717) is 25.6 Å². The number of urea groups is 1. The number of nitrogens with one attached hydrogen (secondary N) is 3. The molecule has 1 saturated heterocycles. The van der Waals surface area contributed by atoms with Gasteiger partial charge in [-0.05, 0) is 65.6 Å². The molecule has 7 heteroatoms. The Kier molecular flexibility index (Phi) is 7.74. The maximum absolute atomic E-state index is 13.2. The molecule has 0 aromatic heterocycles. The van der Waals surface area contributed by atoms with Crippen LogP contribution in [0.25, 0.3) is 0 Å². The smallest absolute Gasteiger partial charge is 0.317 e. The fourth-order valence-corrected chi connectivity index (χ4v) is 4.31. The van der Waals surface area contributed by atoms with E-state index in [1.54, 1.807) is 17.0 Å². The maximum Gasteiger partial charge on any atom is 0.317 e. The normalized spacial score (nSPS) is 15.2. The van der Waals surface area contributed by atoms with Gasteiger partial charge in [-0.2, -0.15) is 0 Å². The molecule has 1 fully saturated rings. The molecule has 5 N–H and O–H groups in total. The number of amides is 2. The second kappa shape index (κ2) is 10.3. The van der Waals surface area contributed by atoms with Crippen LogP contribution in [-0.4, -0.2) is 42.8 Å². The molecule has 2 aromatic carbocycles. The Balaban J connectivity index is 1.79. The lowest BCUT2D eigenvalue weighted by molar-refractivity contribution is 0.145. The SMILES string of the molecule is CC(C)CC(c1ccc(Nc2ccc(F)cc2)c(C=N)c1)C(C)(C)CNC(=O)N1CC(N)C1. The van der Waals surface area contributed by atoms with Crippen molar-refractivity contribution in [2.75, 3.05) is 25.0 Å². The predicted octanol–water partition coefficient (Wildman–Crippen LogP) is 5.08. The van der Waals surface area contributed by atoms with Gasteiger partial charge in [0.05, 0.1) is 0 Å². The van der Waals surface area contributed by atoms with Gasteiger partial charge in [0, 0.05) is 48.8 Å². The van der Waals surface area contributed by atoms with E-state index in [9.17, 15) is 9.18 Å². The molecule has 0 spiro atoms. The summed E-state index contributed by atoms with van der Waals surface area (Å²) in [5, 5.41) is 14.3. The number of nitrogens with two attached hydrogens (primary N) is 1. The zero-order chi connectivity index (χ0) is 24.2.